The second-order valence-corrected chi connectivity index (χ2v) is 4.55. The first-order chi connectivity index (χ1) is 7.33. The molecule has 0 saturated carbocycles. The molecular weight excluding hydrogens is 230 g/mol. The number of halogens is 1. The van der Waals surface area contributed by atoms with Gasteiger partial charge in [0.1, 0.15) is 12.1 Å². The number of nitrogens with zero attached hydrogens (tertiary/aromatic N) is 2. The van der Waals surface area contributed by atoms with E-state index in [9.17, 15) is 0 Å². The van der Waals surface area contributed by atoms with E-state index in [0.717, 1.165) is 29.0 Å². The monoisotopic (exact) mass is 241 g/mol. The first kappa shape index (κ1) is 10.6. The minimum absolute atomic E-state index is 0.671. The fourth-order valence-corrected chi connectivity index (χ4v) is 2.47. The third kappa shape index (κ3) is 2.21. The van der Waals surface area contributed by atoms with Gasteiger partial charge in [0.05, 0.1) is 10.2 Å². The van der Waals surface area contributed by atoms with E-state index < -0.39 is 0 Å². The number of alkyl halides is 1. The van der Waals surface area contributed by atoms with Gasteiger partial charge in [-0.15, -0.1) is 22.9 Å². The zero-order chi connectivity index (χ0) is 10.7. The van der Waals surface area contributed by atoms with E-state index in [0.29, 0.717) is 5.88 Å². The molecule has 0 fully saturated rings. The SMILES string of the molecule is Cc1csc2c(NCCCCl)ncnc12. The van der Waals surface area contributed by atoms with Gasteiger partial charge in [-0.05, 0) is 24.3 Å². The standard InChI is InChI=1S/C10H12ClN3S/c1-7-5-15-9-8(7)13-6-14-10(9)12-4-2-3-11/h5-6H,2-4H2,1H3,(H,12,13,14). The number of nitrogens with one attached hydrogen (secondary N) is 1. The molecule has 15 heavy (non-hydrogen) atoms. The molecule has 5 heteroatoms. The Hall–Kier alpha value is -0.870. The van der Waals surface area contributed by atoms with Crippen molar-refractivity contribution in [2.75, 3.05) is 17.7 Å². The minimum Gasteiger partial charge on any atom is -0.369 e. The van der Waals surface area contributed by atoms with E-state index in [2.05, 4.69) is 27.6 Å². The van der Waals surface area contributed by atoms with Gasteiger partial charge in [0.2, 0.25) is 0 Å². The van der Waals surface area contributed by atoms with Crippen LogP contribution in [0.5, 0.6) is 0 Å². The average Bonchev–Trinajstić information content (AvgIpc) is 2.62. The first-order valence-electron chi connectivity index (χ1n) is 4.81. The summed E-state index contributed by atoms with van der Waals surface area (Å²) in [5, 5.41) is 5.38. The molecule has 80 valence electrons. The number of anilines is 1. The number of thiophene rings is 1. The summed E-state index contributed by atoms with van der Waals surface area (Å²) in [6.45, 7) is 2.92. The van der Waals surface area contributed by atoms with Crippen molar-refractivity contribution in [3.05, 3.63) is 17.3 Å². The summed E-state index contributed by atoms with van der Waals surface area (Å²) in [7, 11) is 0. The molecule has 2 rings (SSSR count). The van der Waals surface area contributed by atoms with Crippen molar-refractivity contribution in [2.45, 2.75) is 13.3 Å². The third-order valence-corrected chi connectivity index (χ3v) is 3.49. The Morgan fingerprint density at radius 3 is 3.13 bits per heavy atom. The van der Waals surface area contributed by atoms with Gasteiger partial charge >= 0.3 is 0 Å². The van der Waals surface area contributed by atoms with Crippen molar-refractivity contribution in [1.29, 1.82) is 0 Å². The van der Waals surface area contributed by atoms with Gasteiger partial charge in [0, 0.05) is 12.4 Å². The molecule has 0 aliphatic carbocycles. The average molecular weight is 242 g/mol. The Labute approximate surface area is 97.5 Å². The highest BCUT2D eigenvalue weighted by Gasteiger charge is 2.06. The topological polar surface area (TPSA) is 37.8 Å². The second kappa shape index (κ2) is 4.77. The van der Waals surface area contributed by atoms with E-state index in [1.54, 1.807) is 17.7 Å². The number of hydrogen-bond acceptors (Lipinski definition) is 4. The maximum atomic E-state index is 5.62. The molecule has 2 heterocycles. The van der Waals surface area contributed by atoms with Crippen LogP contribution in [0.2, 0.25) is 0 Å². The van der Waals surface area contributed by atoms with Crippen molar-refractivity contribution in [2.24, 2.45) is 0 Å². The van der Waals surface area contributed by atoms with Gasteiger partial charge in [-0.1, -0.05) is 0 Å². The zero-order valence-corrected chi connectivity index (χ0v) is 10.0. The summed E-state index contributed by atoms with van der Waals surface area (Å²) in [4.78, 5) is 8.50. The van der Waals surface area contributed by atoms with Crippen LogP contribution in [0.1, 0.15) is 12.0 Å². The number of aryl methyl sites for hydroxylation is 1. The molecule has 0 saturated heterocycles. The Balaban J connectivity index is 2.26. The van der Waals surface area contributed by atoms with Crippen molar-refractivity contribution < 1.29 is 0 Å². The van der Waals surface area contributed by atoms with Gasteiger partial charge in [0.25, 0.3) is 0 Å². The molecule has 0 atom stereocenters. The molecule has 0 spiro atoms. The normalized spacial score (nSPS) is 10.8. The number of hydrogen-bond donors (Lipinski definition) is 1. The van der Waals surface area contributed by atoms with Crippen LogP contribution in [0.15, 0.2) is 11.7 Å². The van der Waals surface area contributed by atoms with Gasteiger partial charge < -0.3 is 5.32 Å². The smallest absolute Gasteiger partial charge is 0.147 e. The highest BCUT2D eigenvalue weighted by atomic mass is 35.5. The second-order valence-electron chi connectivity index (χ2n) is 3.29. The van der Waals surface area contributed by atoms with Crippen LogP contribution in [0, 0.1) is 6.92 Å². The number of fused-ring (bicyclic) bond motifs is 1. The van der Waals surface area contributed by atoms with Crippen LogP contribution >= 0.6 is 22.9 Å². The Morgan fingerprint density at radius 1 is 1.47 bits per heavy atom. The lowest BCUT2D eigenvalue weighted by Gasteiger charge is -2.04. The molecule has 0 aliphatic rings. The summed E-state index contributed by atoms with van der Waals surface area (Å²) in [5.41, 5.74) is 2.25. The van der Waals surface area contributed by atoms with Gasteiger partial charge in [0.15, 0.2) is 0 Å². The molecule has 0 bridgehead atoms. The molecule has 0 aromatic carbocycles. The molecule has 1 N–H and O–H groups in total. The summed E-state index contributed by atoms with van der Waals surface area (Å²) >= 11 is 7.30. The van der Waals surface area contributed by atoms with E-state index in [4.69, 9.17) is 11.6 Å². The summed E-state index contributed by atoms with van der Waals surface area (Å²) in [6.07, 6.45) is 2.54. The van der Waals surface area contributed by atoms with Crippen molar-refractivity contribution >= 4 is 39.0 Å². The fourth-order valence-electron chi connectivity index (χ4n) is 1.37. The maximum absolute atomic E-state index is 5.62. The fraction of sp³-hybridized carbons (Fsp3) is 0.400. The molecule has 0 aliphatic heterocycles. The predicted molar refractivity (Wildman–Crippen MR) is 66.0 cm³/mol. The van der Waals surface area contributed by atoms with Gasteiger partial charge in [-0.3, -0.25) is 0 Å². The molecular formula is C10H12ClN3S. The Morgan fingerprint density at radius 2 is 2.33 bits per heavy atom. The molecule has 3 nitrogen and oxygen atoms in total. The van der Waals surface area contributed by atoms with Crippen LogP contribution < -0.4 is 5.32 Å². The van der Waals surface area contributed by atoms with Crippen LogP contribution in [0.3, 0.4) is 0 Å². The maximum Gasteiger partial charge on any atom is 0.147 e. The van der Waals surface area contributed by atoms with E-state index in [1.165, 1.54) is 5.56 Å². The van der Waals surface area contributed by atoms with Crippen molar-refractivity contribution in [1.82, 2.24) is 9.97 Å². The quantitative estimate of drug-likeness (QED) is 0.661. The van der Waals surface area contributed by atoms with Crippen molar-refractivity contribution in [3.8, 4) is 0 Å². The molecule has 0 radical (unpaired) electrons. The molecule has 2 aromatic heterocycles. The predicted octanol–water partition coefficient (Wildman–Crippen LogP) is 3.04. The number of rotatable bonds is 4. The molecule has 2 aromatic rings. The molecule has 0 amide bonds. The van der Waals surface area contributed by atoms with Crippen LogP contribution in [0.4, 0.5) is 5.82 Å². The van der Waals surface area contributed by atoms with Gasteiger partial charge in [-0.25, -0.2) is 9.97 Å². The minimum atomic E-state index is 0.671. The Kier molecular flexibility index (Phi) is 3.38. The van der Waals surface area contributed by atoms with Crippen LogP contribution in [-0.4, -0.2) is 22.4 Å². The lowest BCUT2D eigenvalue weighted by molar-refractivity contribution is 0.977. The van der Waals surface area contributed by atoms with E-state index in [-0.39, 0.29) is 0 Å². The lowest BCUT2D eigenvalue weighted by atomic mass is 10.3. The van der Waals surface area contributed by atoms with E-state index >= 15 is 0 Å². The van der Waals surface area contributed by atoms with Crippen LogP contribution in [-0.2, 0) is 0 Å². The lowest BCUT2D eigenvalue weighted by Crippen LogP contribution is -2.03. The third-order valence-electron chi connectivity index (χ3n) is 2.13. The summed E-state index contributed by atoms with van der Waals surface area (Å²) < 4.78 is 1.13. The Bertz CT molecular complexity index is 455. The highest BCUT2D eigenvalue weighted by Crippen LogP contribution is 2.28. The van der Waals surface area contributed by atoms with Gasteiger partial charge in [-0.2, -0.15) is 0 Å². The van der Waals surface area contributed by atoms with E-state index in [1.807, 2.05) is 0 Å². The summed E-state index contributed by atoms with van der Waals surface area (Å²) in [6, 6.07) is 0. The highest BCUT2D eigenvalue weighted by molar-refractivity contribution is 7.18. The van der Waals surface area contributed by atoms with Crippen LogP contribution in [0.25, 0.3) is 10.2 Å². The largest absolute Gasteiger partial charge is 0.369 e. The number of aromatic nitrogens is 2. The molecule has 0 unspecified atom stereocenters. The summed E-state index contributed by atoms with van der Waals surface area (Å²) in [5.74, 6) is 1.59. The van der Waals surface area contributed by atoms with Crippen molar-refractivity contribution in [3.63, 3.8) is 0 Å². The first-order valence-corrected chi connectivity index (χ1v) is 6.23. The zero-order valence-electron chi connectivity index (χ0n) is 8.46.